The first-order valence-corrected chi connectivity index (χ1v) is 7.16. The lowest BCUT2D eigenvalue weighted by atomic mass is 9.94. The fourth-order valence-corrected chi connectivity index (χ4v) is 2.95. The lowest BCUT2D eigenvalue weighted by Crippen LogP contribution is -2.38. The van der Waals surface area contributed by atoms with E-state index in [9.17, 15) is 0 Å². The molecule has 0 amide bonds. The van der Waals surface area contributed by atoms with Gasteiger partial charge in [0.15, 0.2) is 0 Å². The smallest absolute Gasteiger partial charge is 0.139 e. The Balaban J connectivity index is 2.28. The number of anilines is 1. The van der Waals surface area contributed by atoms with Crippen LogP contribution in [0.3, 0.4) is 0 Å². The number of nitrogens with zero attached hydrogens (tertiary/aromatic N) is 2. The van der Waals surface area contributed by atoms with Gasteiger partial charge >= 0.3 is 0 Å². The number of aromatic nitrogens is 1. The summed E-state index contributed by atoms with van der Waals surface area (Å²) in [4.78, 5) is 7.31. The van der Waals surface area contributed by atoms with Gasteiger partial charge in [-0.15, -0.1) is 0 Å². The maximum Gasteiger partial charge on any atom is 0.139 e. The van der Waals surface area contributed by atoms with Gasteiger partial charge in [-0.05, 0) is 31.9 Å². The molecule has 0 aliphatic heterocycles. The second kappa shape index (κ2) is 6.14. The molecular weight excluding hydrogens is 242 g/mol. The van der Waals surface area contributed by atoms with Crippen LogP contribution in [0.5, 0.6) is 0 Å². The molecule has 0 bridgehead atoms. The van der Waals surface area contributed by atoms with Crippen LogP contribution in [0.1, 0.15) is 44.6 Å². The highest BCUT2D eigenvalue weighted by atomic mass is 32.1. The molecule has 1 aromatic rings. The zero-order valence-corrected chi connectivity index (χ0v) is 11.7. The van der Waals surface area contributed by atoms with Gasteiger partial charge in [0.2, 0.25) is 0 Å². The van der Waals surface area contributed by atoms with Crippen LogP contribution < -0.4 is 10.6 Å². The fourth-order valence-electron chi connectivity index (χ4n) is 2.79. The molecule has 2 N–H and O–H groups in total. The SMILES string of the molecule is CCN(c1ncccc1C(N)=S)C1CCCCC1. The molecule has 0 atom stereocenters. The molecule has 1 heterocycles. The van der Waals surface area contributed by atoms with Gasteiger partial charge in [0.1, 0.15) is 10.8 Å². The predicted molar refractivity (Wildman–Crippen MR) is 80.0 cm³/mol. The minimum atomic E-state index is 0.437. The van der Waals surface area contributed by atoms with Gasteiger partial charge in [-0.25, -0.2) is 4.98 Å². The van der Waals surface area contributed by atoms with Crippen molar-refractivity contribution >= 4 is 23.0 Å². The molecule has 1 saturated carbocycles. The first-order chi connectivity index (χ1) is 8.74. The Bertz CT molecular complexity index is 413. The third-order valence-electron chi connectivity index (χ3n) is 3.68. The van der Waals surface area contributed by atoms with E-state index in [1.54, 1.807) is 0 Å². The Kier molecular flexibility index (Phi) is 4.53. The van der Waals surface area contributed by atoms with E-state index >= 15 is 0 Å². The van der Waals surface area contributed by atoms with Gasteiger partial charge in [-0.3, -0.25) is 0 Å². The van der Waals surface area contributed by atoms with E-state index < -0.39 is 0 Å². The molecule has 0 unspecified atom stereocenters. The number of hydrogen-bond donors (Lipinski definition) is 1. The molecule has 4 heteroatoms. The maximum atomic E-state index is 5.80. The summed E-state index contributed by atoms with van der Waals surface area (Å²) < 4.78 is 0. The van der Waals surface area contributed by atoms with E-state index in [1.165, 1.54) is 32.1 Å². The van der Waals surface area contributed by atoms with E-state index in [0.29, 0.717) is 11.0 Å². The van der Waals surface area contributed by atoms with Crippen molar-refractivity contribution in [2.75, 3.05) is 11.4 Å². The van der Waals surface area contributed by atoms with Crippen molar-refractivity contribution in [1.82, 2.24) is 4.98 Å². The van der Waals surface area contributed by atoms with Gasteiger partial charge in [0.05, 0.1) is 5.56 Å². The van der Waals surface area contributed by atoms with Crippen LogP contribution in [0, 0.1) is 0 Å². The van der Waals surface area contributed by atoms with E-state index in [-0.39, 0.29) is 0 Å². The average Bonchev–Trinajstić information content (AvgIpc) is 2.41. The summed E-state index contributed by atoms with van der Waals surface area (Å²) in [7, 11) is 0. The molecule has 0 radical (unpaired) electrons. The molecule has 1 aliphatic carbocycles. The lowest BCUT2D eigenvalue weighted by Gasteiger charge is -2.35. The molecule has 2 rings (SSSR count). The van der Waals surface area contributed by atoms with E-state index in [0.717, 1.165) is 17.9 Å². The Morgan fingerprint density at radius 2 is 2.17 bits per heavy atom. The zero-order chi connectivity index (χ0) is 13.0. The van der Waals surface area contributed by atoms with Crippen molar-refractivity contribution in [2.45, 2.75) is 45.1 Å². The summed E-state index contributed by atoms with van der Waals surface area (Å²) in [5, 5.41) is 0. The quantitative estimate of drug-likeness (QED) is 0.848. The summed E-state index contributed by atoms with van der Waals surface area (Å²) >= 11 is 5.13. The molecule has 1 aromatic heterocycles. The normalized spacial score (nSPS) is 16.5. The summed E-state index contributed by atoms with van der Waals surface area (Å²) in [5.41, 5.74) is 6.70. The van der Waals surface area contributed by atoms with Crippen LogP contribution in [-0.2, 0) is 0 Å². The molecule has 98 valence electrons. The van der Waals surface area contributed by atoms with Gasteiger partial charge in [-0.2, -0.15) is 0 Å². The standard InChI is InChI=1S/C14H21N3S/c1-2-17(11-7-4-3-5-8-11)14-12(13(15)18)9-6-10-16-14/h6,9-11H,2-5,7-8H2,1H3,(H2,15,18). The van der Waals surface area contributed by atoms with E-state index in [4.69, 9.17) is 18.0 Å². The first-order valence-electron chi connectivity index (χ1n) is 6.75. The number of hydrogen-bond acceptors (Lipinski definition) is 3. The van der Waals surface area contributed by atoms with E-state index in [2.05, 4.69) is 16.8 Å². The molecule has 18 heavy (non-hydrogen) atoms. The van der Waals surface area contributed by atoms with Crippen molar-refractivity contribution in [3.05, 3.63) is 23.9 Å². The summed E-state index contributed by atoms with van der Waals surface area (Å²) in [6.07, 6.45) is 8.32. The van der Waals surface area contributed by atoms with Crippen molar-refractivity contribution in [3.8, 4) is 0 Å². The molecule has 1 aliphatic rings. The van der Waals surface area contributed by atoms with Crippen LogP contribution in [0.25, 0.3) is 0 Å². The predicted octanol–water partition coefficient (Wildman–Crippen LogP) is 2.87. The van der Waals surface area contributed by atoms with Gasteiger partial charge < -0.3 is 10.6 Å². The zero-order valence-electron chi connectivity index (χ0n) is 10.9. The van der Waals surface area contributed by atoms with Crippen molar-refractivity contribution < 1.29 is 0 Å². The van der Waals surface area contributed by atoms with Crippen LogP contribution in [0.2, 0.25) is 0 Å². The van der Waals surface area contributed by atoms with Crippen LogP contribution in [0.15, 0.2) is 18.3 Å². The Morgan fingerprint density at radius 1 is 1.44 bits per heavy atom. The molecule has 1 fully saturated rings. The maximum absolute atomic E-state index is 5.80. The van der Waals surface area contributed by atoms with Crippen molar-refractivity contribution in [2.24, 2.45) is 5.73 Å². The minimum Gasteiger partial charge on any atom is -0.389 e. The number of thiocarbonyl (C=S) groups is 1. The molecule has 0 saturated heterocycles. The molecule has 0 aromatic carbocycles. The van der Waals surface area contributed by atoms with E-state index in [1.807, 2.05) is 18.3 Å². The highest BCUT2D eigenvalue weighted by molar-refractivity contribution is 7.80. The number of rotatable bonds is 4. The fraction of sp³-hybridized carbons (Fsp3) is 0.571. The average molecular weight is 263 g/mol. The molecule has 0 spiro atoms. The summed E-state index contributed by atoms with van der Waals surface area (Å²) in [5.74, 6) is 0.958. The molecular formula is C14H21N3S. The molecule has 3 nitrogen and oxygen atoms in total. The second-order valence-corrected chi connectivity index (χ2v) is 5.26. The number of pyridine rings is 1. The summed E-state index contributed by atoms with van der Waals surface area (Å²) in [6, 6.07) is 4.45. The van der Waals surface area contributed by atoms with Crippen LogP contribution in [-0.4, -0.2) is 22.6 Å². The Hall–Kier alpha value is -1.16. The minimum absolute atomic E-state index is 0.437. The summed E-state index contributed by atoms with van der Waals surface area (Å²) in [6.45, 7) is 3.13. The monoisotopic (exact) mass is 263 g/mol. The van der Waals surface area contributed by atoms with Gasteiger partial charge in [0.25, 0.3) is 0 Å². The second-order valence-electron chi connectivity index (χ2n) is 4.82. The van der Waals surface area contributed by atoms with Gasteiger partial charge in [0, 0.05) is 18.8 Å². The lowest BCUT2D eigenvalue weighted by molar-refractivity contribution is 0.416. The van der Waals surface area contributed by atoms with Crippen molar-refractivity contribution in [1.29, 1.82) is 0 Å². The third kappa shape index (κ3) is 2.80. The van der Waals surface area contributed by atoms with Crippen LogP contribution in [0.4, 0.5) is 5.82 Å². The topological polar surface area (TPSA) is 42.2 Å². The third-order valence-corrected chi connectivity index (χ3v) is 3.90. The largest absolute Gasteiger partial charge is 0.389 e. The van der Waals surface area contributed by atoms with Crippen molar-refractivity contribution in [3.63, 3.8) is 0 Å². The Morgan fingerprint density at radius 3 is 2.78 bits per heavy atom. The number of nitrogens with two attached hydrogens (primary N) is 1. The highest BCUT2D eigenvalue weighted by Crippen LogP contribution is 2.27. The first kappa shape index (κ1) is 13.3. The Labute approximate surface area is 114 Å². The van der Waals surface area contributed by atoms with Crippen LogP contribution >= 0.6 is 12.2 Å². The highest BCUT2D eigenvalue weighted by Gasteiger charge is 2.23. The van der Waals surface area contributed by atoms with Gasteiger partial charge in [-0.1, -0.05) is 31.5 Å².